The van der Waals surface area contributed by atoms with Crippen LogP contribution in [0.4, 0.5) is 0 Å². The van der Waals surface area contributed by atoms with Crippen molar-refractivity contribution in [2.45, 2.75) is 18.9 Å². The zero-order valence-corrected chi connectivity index (χ0v) is 4.67. The van der Waals surface area contributed by atoms with Gasteiger partial charge in [0, 0.05) is 18.3 Å². The van der Waals surface area contributed by atoms with E-state index in [1.165, 1.54) is 0 Å². The number of nitro groups is 1. The van der Waals surface area contributed by atoms with Crippen molar-refractivity contribution in [3.8, 4) is 0 Å². The van der Waals surface area contributed by atoms with Crippen LogP contribution in [0.2, 0.25) is 0 Å². The molecule has 0 saturated heterocycles. The normalized spacial score (nSPS) is 13.2. The van der Waals surface area contributed by atoms with Crippen LogP contribution in [0.25, 0.3) is 0 Å². The van der Waals surface area contributed by atoms with Crippen LogP contribution in [0, 0.1) is 24.0 Å². The minimum atomic E-state index is -0.674. The largest absolute Gasteiger partial charge is 0.264 e. The summed E-state index contributed by atoms with van der Waals surface area (Å²) in [6.45, 7) is 6.75. The van der Waals surface area contributed by atoms with Crippen LogP contribution in [0.3, 0.4) is 0 Å². The maximum Gasteiger partial charge on any atom is 0.213 e. The van der Waals surface area contributed by atoms with Crippen LogP contribution in [-0.2, 0) is 0 Å². The fourth-order valence-corrected chi connectivity index (χ4v) is 0.341. The van der Waals surface area contributed by atoms with E-state index in [2.05, 4.69) is 13.8 Å². The summed E-state index contributed by atoms with van der Waals surface area (Å²) in [7, 11) is 0. The van der Waals surface area contributed by atoms with Crippen molar-refractivity contribution in [2.24, 2.45) is 0 Å². The number of hydrogen-bond donors (Lipinski definition) is 0. The molecule has 0 rings (SSSR count). The number of nitrogens with zero attached hydrogens (tertiary/aromatic N) is 1. The molecule has 46 valence electrons. The van der Waals surface area contributed by atoms with Crippen LogP contribution in [0.1, 0.15) is 12.8 Å². The Morgan fingerprint density at radius 3 is 2.38 bits per heavy atom. The van der Waals surface area contributed by atoms with E-state index in [9.17, 15) is 10.1 Å². The molecule has 0 aliphatic rings. The van der Waals surface area contributed by atoms with E-state index in [4.69, 9.17) is 0 Å². The summed E-state index contributed by atoms with van der Waals surface area (Å²) in [5.41, 5.74) is 0. The monoisotopic (exact) mass is 115 g/mol. The summed E-state index contributed by atoms with van der Waals surface area (Å²) in [6, 6.07) is -0.674. The van der Waals surface area contributed by atoms with Crippen molar-refractivity contribution in [3.05, 3.63) is 24.0 Å². The standard InChI is InChI=1S/C5H9NO2/c1-3-4-5(2)6(7)8/h5H,1-4H2. The van der Waals surface area contributed by atoms with Crippen molar-refractivity contribution < 1.29 is 4.92 Å². The average Bonchev–Trinajstić information content (AvgIpc) is 1.67. The van der Waals surface area contributed by atoms with Crippen LogP contribution >= 0.6 is 0 Å². The third-order valence-corrected chi connectivity index (χ3v) is 0.835. The van der Waals surface area contributed by atoms with Gasteiger partial charge in [0.1, 0.15) is 0 Å². The topological polar surface area (TPSA) is 43.1 Å². The molecular formula is C5H9NO2. The van der Waals surface area contributed by atoms with Gasteiger partial charge in [0.25, 0.3) is 0 Å². The molecule has 0 spiro atoms. The molecule has 2 radical (unpaired) electrons. The first kappa shape index (κ1) is 7.40. The van der Waals surface area contributed by atoms with Gasteiger partial charge in [-0.1, -0.05) is 6.92 Å². The summed E-state index contributed by atoms with van der Waals surface area (Å²) in [5, 5.41) is 9.80. The average molecular weight is 115 g/mol. The Morgan fingerprint density at radius 1 is 1.75 bits per heavy atom. The second-order valence-electron chi connectivity index (χ2n) is 1.58. The lowest BCUT2D eigenvalue weighted by Crippen LogP contribution is -2.14. The second kappa shape index (κ2) is 3.41. The van der Waals surface area contributed by atoms with Gasteiger partial charge in [-0.05, 0) is 6.42 Å². The smallest absolute Gasteiger partial charge is 0.213 e. The van der Waals surface area contributed by atoms with Crippen molar-refractivity contribution >= 4 is 0 Å². The van der Waals surface area contributed by atoms with Crippen LogP contribution < -0.4 is 0 Å². The van der Waals surface area contributed by atoms with E-state index in [0.29, 0.717) is 12.8 Å². The molecule has 0 aromatic carbocycles. The third-order valence-electron chi connectivity index (χ3n) is 0.835. The first-order valence-corrected chi connectivity index (χ1v) is 2.44. The second-order valence-corrected chi connectivity index (χ2v) is 1.58. The molecule has 0 aliphatic carbocycles. The molecule has 0 fully saturated rings. The van der Waals surface area contributed by atoms with Gasteiger partial charge in [0.05, 0.1) is 0 Å². The molecule has 3 nitrogen and oxygen atoms in total. The number of rotatable bonds is 3. The van der Waals surface area contributed by atoms with Gasteiger partial charge in [-0.25, -0.2) is 0 Å². The van der Waals surface area contributed by atoms with Crippen molar-refractivity contribution in [2.75, 3.05) is 0 Å². The van der Waals surface area contributed by atoms with E-state index in [1.807, 2.05) is 0 Å². The van der Waals surface area contributed by atoms with Gasteiger partial charge in [-0.15, -0.1) is 0 Å². The Hall–Kier alpha value is -0.600. The molecule has 1 unspecified atom stereocenters. The first-order valence-electron chi connectivity index (χ1n) is 2.44. The minimum Gasteiger partial charge on any atom is -0.264 e. The van der Waals surface area contributed by atoms with Crippen molar-refractivity contribution in [1.82, 2.24) is 0 Å². The van der Waals surface area contributed by atoms with Gasteiger partial charge in [0.2, 0.25) is 6.04 Å². The first-order chi connectivity index (χ1) is 3.68. The lowest BCUT2D eigenvalue weighted by atomic mass is 10.2. The highest BCUT2D eigenvalue weighted by Gasteiger charge is 2.09. The lowest BCUT2D eigenvalue weighted by Gasteiger charge is -1.97. The SMILES string of the molecule is [CH2]CCC([CH2])[N+](=O)[O-]. The van der Waals surface area contributed by atoms with E-state index in [1.54, 1.807) is 0 Å². The molecule has 0 heterocycles. The molecule has 0 bridgehead atoms. The molecule has 0 aromatic heterocycles. The van der Waals surface area contributed by atoms with E-state index >= 15 is 0 Å². The third kappa shape index (κ3) is 2.55. The summed E-state index contributed by atoms with van der Waals surface area (Å²) >= 11 is 0. The van der Waals surface area contributed by atoms with E-state index in [0.717, 1.165) is 0 Å². The Morgan fingerprint density at radius 2 is 2.25 bits per heavy atom. The molecule has 0 N–H and O–H groups in total. The maximum atomic E-state index is 9.80. The summed E-state index contributed by atoms with van der Waals surface area (Å²) in [6.07, 6.45) is 1.04. The van der Waals surface area contributed by atoms with Gasteiger partial charge in [0.15, 0.2) is 0 Å². The van der Waals surface area contributed by atoms with Crippen molar-refractivity contribution in [1.29, 1.82) is 0 Å². The molecule has 0 amide bonds. The molecule has 0 aromatic rings. The highest BCUT2D eigenvalue weighted by atomic mass is 16.6. The predicted octanol–water partition coefficient (Wildman–Crippen LogP) is 1.08. The quantitative estimate of drug-likeness (QED) is 0.408. The molecule has 8 heavy (non-hydrogen) atoms. The minimum absolute atomic E-state index is 0.398. The van der Waals surface area contributed by atoms with Crippen LogP contribution in [0.5, 0.6) is 0 Å². The zero-order valence-electron chi connectivity index (χ0n) is 4.67. The fraction of sp³-hybridized carbons (Fsp3) is 0.600. The Labute approximate surface area is 48.9 Å². The molecule has 0 aliphatic heterocycles. The Bertz CT molecular complexity index is 82.5. The fourth-order valence-electron chi connectivity index (χ4n) is 0.341. The summed E-state index contributed by atoms with van der Waals surface area (Å²) < 4.78 is 0. The van der Waals surface area contributed by atoms with Gasteiger partial charge >= 0.3 is 0 Å². The Kier molecular flexibility index (Phi) is 3.15. The summed E-state index contributed by atoms with van der Waals surface area (Å²) in [4.78, 5) is 9.41. The molecular weight excluding hydrogens is 106 g/mol. The van der Waals surface area contributed by atoms with Crippen LogP contribution in [-0.4, -0.2) is 11.0 Å². The Balaban J connectivity index is 3.32. The summed E-state index contributed by atoms with van der Waals surface area (Å²) in [5.74, 6) is 0. The van der Waals surface area contributed by atoms with Crippen molar-refractivity contribution in [3.63, 3.8) is 0 Å². The molecule has 0 saturated carbocycles. The van der Waals surface area contributed by atoms with Gasteiger partial charge in [-0.2, -0.15) is 0 Å². The maximum absolute atomic E-state index is 9.80. The molecule has 3 heteroatoms. The molecule has 1 atom stereocenters. The van der Waals surface area contributed by atoms with E-state index < -0.39 is 11.0 Å². The van der Waals surface area contributed by atoms with Gasteiger partial charge in [-0.3, -0.25) is 10.1 Å². The zero-order chi connectivity index (χ0) is 6.57. The van der Waals surface area contributed by atoms with Crippen LogP contribution in [0.15, 0.2) is 0 Å². The predicted molar refractivity (Wildman–Crippen MR) is 30.7 cm³/mol. The van der Waals surface area contributed by atoms with Gasteiger partial charge < -0.3 is 0 Å². The highest BCUT2D eigenvalue weighted by Crippen LogP contribution is 1.96. The van der Waals surface area contributed by atoms with E-state index in [-0.39, 0.29) is 0 Å². The number of hydrogen-bond acceptors (Lipinski definition) is 2. The highest BCUT2D eigenvalue weighted by molar-refractivity contribution is 4.58. The lowest BCUT2D eigenvalue weighted by molar-refractivity contribution is -0.511.